The Morgan fingerprint density at radius 3 is 2.52 bits per heavy atom. The van der Waals surface area contributed by atoms with E-state index in [4.69, 9.17) is 5.73 Å². The molecule has 1 aromatic rings. The Kier molecular flexibility index (Phi) is 8.26. The molecule has 2 atom stereocenters. The second-order valence-electron chi connectivity index (χ2n) is 5.65. The molecule has 0 spiro atoms. The Labute approximate surface area is 141 Å². The van der Waals surface area contributed by atoms with E-state index in [1.54, 1.807) is 12.1 Å². The molecule has 0 heterocycles. The van der Waals surface area contributed by atoms with Crippen LogP contribution < -0.4 is 15.8 Å². The highest BCUT2D eigenvalue weighted by Crippen LogP contribution is 2.23. The molecular weight excluding hydrogens is 326 g/mol. The van der Waals surface area contributed by atoms with E-state index in [-0.39, 0.29) is 36.5 Å². The first-order chi connectivity index (χ1) is 10.6. The number of hydrogen-bond acceptors (Lipinski definition) is 3. The van der Waals surface area contributed by atoms with Crippen LogP contribution in [-0.2, 0) is 11.2 Å². The van der Waals surface area contributed by atoms with Crippen molar-refractivity contribution in [3.05, 3.63) is 29.8 Å². The van der Waals surface area contributed by atoms with Gasteiger partial charge in [0.1, 0.15) is 5.75 Å². The lowest BCUT2D eigenvalue weighted by atomic mass is 9.84. The maximum Gasteiger partial charge on any atom is 0.387 e. The average Bonchev–Trinajstić information content (AvgIpc) is 2.49. The normalized spacial score (nSPS) is 20.7. The third-order valence-electron chi connectivity index (χ3n) is 4.07. The monoisotopic (exact) mass is 348 g/mol. The zero-order chi connectivity index (χ0) is 15.9. The Balaban J connectivity index is 0.00000264. The van der Waals surface area contributed by atoms with Crippen molar-refractivity contribution in [2.75, 3.05) is 6.54 Å². The summed E-state index contributed by atoms with van der Waals surface area (Å²) in [5.74, 6) is 0.377. The summed E-state index contributed by atoms with van der Waals surface area (Å²) >= 11 is 0. The van der Waals surface area contributed by atoms with E-state index in [0.29, 0.717) is 12.5 Å². The zero-order valence-corrected chi connectivity index (χ0v) is 13.7. The van der Waals surface area contributed by atoms with Gasteiger partial charge in [-0.15, -0.1) is 12.4 Å². The van der Waals surface area contributed by atoms with Crippen LogP contribution in [0.2, 0.25) is 0 Å². The van der Waals surface area contributed by atoms with Gasteiger partial charge in [0.15, 0.2) is 0 Å². The highest BCUT2D eigenvalue weighted by atomic mass is 35.5. The average molecular weight is 349 g/mol. The number of hydrogen-bond donors (Lipinski definition) is 2. The number of halogens is 3. The number of ether oxygens (including phenoxy) is 1. The molecule has 4 nitrogen and oxygen atoms in total. The van der Waals surface area contributed by atoms with Crippen LogP contribution in [-0.4, -0.2) is 25.1 Å². The number of alkyl halides is 2. The van der Waals surface area contributed by atoms with Crippen LogP contribution >= 0.6 is 12.4 Å². The molecular formula is C16H23ClF2N2O2. The molecule has 3 N–H and O–H groups in total. The first-order valence-corrected chi connectivity index (χ1v) is 7.61. The van der Waals surface area contributed by atoms with Gasteiger partial charge >= 0.3 is 6.61 Å². The Morgan fingerprint density at radius 2 is 1.91 bits per heavy atom. The van der Waals surface area contributed by atoms with E-state index in [1.807, 2.05) is 0 Å². The fraction of sp³-hybridized carbons (Fsp3) is 0.562. The van der Waals surface area contributed by atoms with Crippen LogP contribution in [0.15, 0.2) is 24.3 Å². The van der Waals surface area contributed by atoms with Crippen LogP contribution in [0, 0.1) is 5.92 Å². The second kappa shape index (κ2) is 9.67. The number of amides is 1. The van der Waals surface area contributed by atoms with Crippen molar-refractivity contribution in [3.8, 4) is 5.75 Å². The summed E-state index contributed by atoms with van der Waals surface area (Å²) in [6.45, 7) is -2.25. The number of rotatable bonds is 6. The molecule has 0 aromatic heterocycles. The first-order valence-electron chi connectivity index (χ1n) is 7.61. The lowest BCUT2D eigenvalue weighted by Gasteiger charge is -2.31. The van der Waals surface area contributed by atoms with E-state index in [1.165, 1.54) is 18.6 Å². The minimum absolute atomic E-state index is 0. The van der Waals surface area contributed by atoms with Crippen molar-refractivity contribution in [2.24, 2.45) is 11.7 Å². The number of carbonyl (C=O) groups excluding carboxylic acids is 1. The van der Waals surface area contributed by atoms with Crippen LogP contribution in [0.5, 0.6) is 5.75 Å². The molecule has 1 saturated carbocycles. The topological polar surface area (TPSA) is 64.3 Å². The van der Waals surface area contributed by atoms with E-state index < -0.39 is 6.61 Å². The molecule has 130 valence electrons. The summed E-state index contributed by atoms with van der Waals surface area (Å²) in [6, 6.07) is 6.28. The van der Waals surface area contributed by atoms with Gasteiger partial charge in [-0.05, 0) is 43.0 Å². The minimum atomic E-state index is -2.84. The Morgan fingerprint density at radius 1 is 1.26 bits per heavy atom. The molecule has 1 fully saturated rings. The largest absolute Gasteiger partial charge is 0.435 e. The standard InChI is InChI=1S/C16H22F2N2O2.ClH/c17-16(18)22-13-7-5-11(6-8-13)9-15(21)20-14-4-2-1-3-12(14)10-19;/h5-8,12,14,16H,1-4,9-10,19H2,(H,20,21);1H. The van der Waals surface area contributed by atoms with Crippen LogP contribution in [0.4, 0.5) is 8.78 Å². The van der Waals surface area contributed by atoms with Crippen molar-refractivity contribution in [1.82, 2.24) is 5.32 Å². The highest BCUT2D eigenvalue weighted by Gasteiger charge is 2.25. The van der Waals surface area contributed by atoms with Crippen molar-refractivity contribution in [1.29, 1.82) is 0 Å². The quantitative estimate of drug-likeness (QED) is 0.830. The molecule has 1 aliphatic rings. The van der Waals surface area contributed by atoms with E-state index in [2.05, 4.69) is 10.1 Å². The number of nitrogens with two attached hydrogens (primary N) is 1. The summed E-state index contributed by atoms with van der Waals surface area (Å²) in [4.78, 5) is 12.1. The zero-order valence-electron chi connectivity index (χ0n) is 12.8. The predicted molar refractivity (Wildman–Crippen MR) is 87.0 cm³/mol. The molecule has 0 aliphatic heterocycles. The molecule has 2 unspecified atom stereocenters. The minimum Gasteiger partial charge on any atom is -0.435 e. The maximum absolute atomic E-state index is 12.1. The van der Waals surface area contributed by atoms with Gasteiger partial charge in [-0.25, -0.2) is 0 Å². The molecule has 1 amide bonds. The first kappa shape index (κ1) is 19.6. The van der Waals surface area contributed by atoms with Gasteiger partial charge in [0.25, 0.3) is 0 Å². The smallest absolute Gasteiger partial charge is 0.387 e. The summed E-state index contributed by atoms with van der Waals surface area (Å²) in [5, 5.41) is 3.04. The molecule has 0 saturated heterocycles. The maximum atomic E-state index is 12.1. The number of carbonyl (C=O) groups is 1. The van der Waals surface area contributed by atoms with Crippen molar-refractivity contribution in [2.45, 2.75) is 44.8 Å². The van der Waals surface area contributed by atoms with Crippen LogP contribution in [0.1, 0.15) is 31.2 Å². The number of benzene rings is 1. The molecule has 0 bridgehead atoms. The third kappa shape index (κ3) is 6.31. The van der Waals surface area contributed by atoms with E-state index >= 15 is 0 Å². The molecule has 0 radical (unpaired) electrons. The van der Waals surface area contributed by atoms with Crippen LogP contribution in [0.25, 0.3) is 0 Å². The second-order valence-corrected chi connectivity index (χ2v) is 5.65. The lowest BCUT2D eigenvalue weighted by Crippen LogP contribution is -2.45. The van der Waals surface area contributed by atoms with Crippen molar-refractivity contribution < 1.29 is 18.3 Å². The highest BCUT2D eigenvalue weighted by molar-refractivity contribution is 5.85. The number of nitrogens with one attached hydrogen (secondary N) is 1. The van der Waals surface area contributed by atoms with Gasteiger partial charge < -0.3 is 15.8 Å². The molecule has 23 heavy (non-hydrogen) atoms. The van der Waals surface area contributed by atoms with E-state index in [0.717, 1.165) is 24.8 Å². The van der Waals surface area contributed by atoms with E-state index in [9.17, 15) is 13.6 Å². The van der Waals surface area contributed by atoms with Crippen molar-refractivity contribution in [3.63, 3.8) is 0 Å². The fourth-order valence-electron chi connectivity index (χ4n) is 2.91. The Hall–Kier alpha value is -1.40. The summed E-state index contributed by atoms with van der Waals surface area (Å²) in [6.07, 6.45) is 4.53. The van der Waals surface area contributed by atoms with Gasteiger partial charge in [-0.2, -0.15) is 8.78 Å². The van der Waals surface area contributed by atoms with Gasteiger partial charge in [-0.3, -0.25) is 4.79 Å². The van der Waals surface area contributed by atoms with Gasteiger partial charge in [0, 0.05) is 6.04 Å². The van der Waals surface area contributed by atoms with Gasteiger partial charge in [0.05, 0.1) is 6.42 Å². The SMILES string of the molecule is Cl.NCC1CCCCC1NC(=O)Cc1ccc(OC(F)F)cc1. The predicted octanol–water partition coefficient (Wildman–Crippen LogP) is 2.89. The third-order valence-corrected chi connectivity index (χ3v) is 4.07. The van der Waals surface area contributed by atoms with Crippen LogP contribution in [0.3, 0.4) is 0 Å². The summed E-state index contributed by atoms with van der Waals surface area (Å²) < 4.78 is 28.4. The van der Waals surface area contributed by atoms with Gasteiger partial charge in [-0.1, -0.05) is 25.0 Å². The molecule has 1 aromatic carbocycles. The van der Waals surface area contributed by atoms with Gasteiger partial charge in [0.2, 0.25) is 5.91 Å². The fourth-order valence-corrected chi connectivity index (χ4v) is 2.91. The lowest BCUT2D eigenvalue weighted by molar-refractivity contribution is -0.121. The van der Waals surface area contributed by atoms with Crippen molar-refractivity contribution >= 4 is 18.3 Å². The summed E-state index contributed by atoms with van der Waals surface area (Å²) in [7, 11) is 0. The summed E-state index contributed by atoms with van der Waals surface area (Å²) in [5.41, 5.74) is 6.51. The Bertz CT molecular complexity index is 485. The molecule has 1 aliphatic carbocycles. The molecule has 7 heteroatoms. The molecule has 2 rings (SSSR count).